The Morgan fingerprint density at radius 2 is 1.30 bits per heavy atom. The number of aliphatic hydroxyl groups is 13. The monoisotopic (exact) mass is 1090 g/mol. The Kier molecular flexibility index (Phi) is 16.5. The van der Waals surface area contributed by atoms with Crippen LogP contribution in [0.5, 0.6) is 0 Å². The van der Waals surface area contributed by atoms with Gasteiger partial charge in [0, 0.05) is 10.8 Å². The molecule has 0 radical (unpaired) electrons. The number of rotatable bonds is 12. The lowest BCUT2D eigenvalue weighted by Gasteiger charge is -2.72. The van der Waals surface area contributed by atoms with Crippen molar-refractivity contribution < 1.29 is 114 Å². The lowest BCUT2D eigenvalue weighted by molar-refractivity contribution is -0.387. The Labute approximate surface area is 442 Å². The molecule has 5 aliphatic carbocycles. The summed E-state index contributed by atoms with van der Waals surface area (Å²) in [6, 6.07) is 0. The van der Waals surface area contributed by atoms with Crippen LogP contribution in [0, 0.1) is 50.2 Å². The molecule has 4 saturated heterocycles. The molecule has 30 atom stereocenters. The van der Waals surface area contributed by atoms with Crippen molar-refractivity contribution in [3.8, 4) is 0 Å². The predicted molar refractivity (Wildman–Crippen MR) is 259 cm³/mol. The molecule has 0 spiro atoms. The molecule has 0 bridgehead atoms. The SMILES string of the molecule is C[C@@H]1O[C@@H](O[C@H]2[C@H](O[C@H]3[C@H](O[C@H]4CC[C@@]5(C)C(CC[C@]6(C)[C@@H]5CC=C5C7C[C@](C)(CO[C@@H]8O[C@H](CO)[C@@H](O)[C@H](O)[C@H]8O)C[C@@H](O)[C@]7(C)CC[C@]56C)[C@]4(C)CO)O[C@H](C(=O)O)[C@@H](O)[C@@H]3O)OC[C@@H](O)[C@@H]2O)[C@H](O)[C@H](O)[C@H]1O. The first-order valence-corrected chi connectivity index (χ1v) is 27.3. The Morgan fingerprint density at radius 1 is 0.645 bits per heavy atom. The molecule has 9 rings (SSSR count). The van der Waals surface area contributed by atoms with Crippen molar-refractivity contribution in [1.82, 2.24) is 0 Å². The van der Waals surface area contributed by atoms with E-state index in [0.717, 1.165) is 25.7 Å². The summed E-state index contributed by atoms with van der Waals surface area (Å²) in [5, 5.41) is 151. The molecular formula is C53H86O23. The summed E-state index contributed by atoms with van der Waals surface area (Å²) in [4.78, 5) is 12.5. The minimum Gasteiger partial charge on any atom is -0.479 e. The third-order valence-electron chi connectivity index (χ3n) is 21.4. The van der Waals surface area contributed by atoms with E-state index in [1.165, 1.54) is 12.5 Å². The first-order chi connectivity index (χ1) is 35.5. The van der Waals surface area contributed by atoms with Gasteiger partial charge in [-0.1, -0.05) is 53.2 Å². The Balaban J connectivity index is 0.952. The van der Waals surface area contributed by atoms with Crippen molar-refractivity contribution in [2.24, 2.45) is 50.2 Å². The molecular weight excluding hydrogens is 1000 g/mol. The van der Waals surface area contributed by atoms with Gasteiger partial charge in [-0.3, -0.25) is 0 Å². The summed E-state index contributed by atoms with van der Waals surface area (Å²) < 4.78 is 48.0. The van der Waals surface area contributed by atoms with Crippen LogP contribution in [0.15, 0.2) is 11.6 Å². The highest BCUT2D eigenvalue weighted by Gasteiger charge is 2.70. The maximum Gasteiger partial charge on any atom is 0.335 e. The van der Waals surface area contributed by atoms with Crippen molar-refractivity contribution in [2.75, 3.05) is 26.4 Å². The molecule has 0 aromatic carbocycles. The van der Waals surface area contributed by atoms with Gasteiger partial charge in [0.2, 0.25) is 0 Å². The molecule has 9 aliphatic rings. The fourth-order valence-electron chi connectivity index (χ4n) is 16.3. The minimum atomic E-state index is -2.06. The molecule has 8 fully saturated rings. The average molecular weight is 1090 g/mol. The molecule has 2 unspecified atom stereocenters. The van der Waals surface area contributed by atoms with Gasteiger partial charge in [0.1, 0.15) is 79.4 Å². The number of hydrogen-bond acceptors (Lipinski definition) is 22. The van der Waals surface area contributed by atoms with Gasteiger partial charge in [0.25, 0.3) is 0 Å². The summed E-state index contributed by atoms with van der Waals surface area (Å²) in [6.07, 6.45) is -24.4. The zero-order valence-corrected chi connectivity index (χ0v) is 44.6. The third-order valence-corrected chi connectivity index (χ3v) is 21.4. The molecule has 0 aromatic heterocycles. The second-order valence-corrected chi connectivity index (χ2v) is 25.8. The Bertz CT molecular complexity index is 2100. The zero-order chi connectivity index (χ0) is 55.6. The lowest BCUT2D eigenvalue weighted by Crippen LogP contribution is -2.68. The van der Waals surface area contributed by atoms with E-state index in [1.54, 1.807) is 0 Å². The maximum atomic E-state index is 12.5. The van der Waals surface area contributed by atoms with Crippen LogP contribution in [-0.4, -0.2) is 233 Å². The maximum absolute atomic E-state index is 12.5. The number of carboxylic acid groups (broad SMARTS) is 1. The topological polar surface area (TPSA) is 374 Å². The van der Waals surface area contributed by atoms with Crippen molar-refractivity contribution in [3.05, 3.63) is 11.6 Å². The molecule has 23 heteroatoms. The van der Waals surface area contributed by atoms with Crippen molar-refractivity contribution in [1.29, 1.82) is 0 Å². The highest BCUT2D eigenvalue weighted by Crippen LogP contribution is 2.76. The third kappa shape index (κ3) is 9.46. The largest absolute Gasteiger partial charge is 0.479 e. The van der Waals surface area contributed by atoms with E-state index < -0.39 is 164 Å². The van der Waals surface area contributed by atoms with Gasteiger partial charge in [0.15, 0.2) is 31.3 Å². The van der Waals surface area contributed by atoms with Gasteiger partial charge in [-0.15, -0.1) is 0 Å². The summed E-state index contributed by atoms with van der Waals surface area (Å²) >= 11 is 0. The quantitative estimate of drug-likeness (QED) is 0.0753. The first-order valence-electron chi connectivity index (χ1n) is 27.3. The van der Waals surface area contributed by atoms with E-state index in [-0.39, 0.29) is 47.2 Å². The number of hydrogen-bond donors (Lipinski definition) is 14. The van der Waals surface area contributed by atoms with E-state index >= 15 is 0 Å². The minimum absolute atomic E-state index is 0.0327. The molecule has 23 nitrogen and oxygen atoms in total. The Morgan fingerprint density at radius 3 is 1.97 bits per heavy atom. The second-order valence-electron chi connectivity index (χ2n) is 25.8. The van der Waals surface area contributed by atoms with Crippen LogP contribution in [0.3, 0.4) is 0 Å². The molecule has 76 heavy (non-hydrogen) atoms. The van der Waals surface area contributed by atoms with E-state index in [9.17, 15) is 76.3 Å². The van der Waals surface area contributed by atoms with Crippen LogP contribution < -0.4 is 0 Å². The molecule has 4 aliphatic heterocycles. The summed E-state index contributed by atoms with van der Waals surface area (Å²) in [6.45, 7) is 13.2. The first kappa shape index (κ1) is 59.0. The lowest BCUT2D eigenvalue weighted by atomic mass is 9.33. The van der Waals surface area contributed by atoms with Crippen LogP contribution in [0.2, 0.25) is 0 Å². The normalized spacial score (nSPS) is 56.6. The van der Waals surface area contributed by atoms with Gasteiger partial charge in [-0.05, 0) is 104 Å². The fraction of sp³-hybridized carbons (Fsp3) is 0.943. The highest BCUT2D eigenvalue weighted by molar-refractivity contribution is 5.73. The van der Waals surface area contributed by atoms with Crippen LogP contribution in [0.1, 0.15) is 106 Å². The highest BCUT2D eigenvalue weighted by atomic mass is 16.8. The molecule has 4 heterocycles. The van der Waals surface area contributed by atoms with Gasteiger partial charge >= 0.3 is 5.97 Å². The zero-order valence-electron chi connectivity index (χ0n) is 44.6. The van der Waals surface area contributed by atoms with Gasteiger partial charge in [0.05, 0.1) is 44.7 Å². The van der Waals surface area contributed by atoms with Crippen molar-refractivity contribution >= 4 is 5.97 Å². The smallest absolute Gasteiger partial charge is 0.335 e. The van der Waals surface area contributed by atoms with Crippen LogP contribution in [0.4, 0.5) is 0 Å². The van der Waals surface area contributed by atoms with Crippen LogP contribution in [-0.2, 0) is 42.7 Å². The van der Waals surface area contributed by atoms with Gasteiger partial charge < -0.3 is 109 Å². The number of ether oxygens (including phenoxy) is 8. The molecule has 14 N–H and O–H groups in total. The van der Waals surface area contributed by atoms with E-state index in [4.69, 9.17) is 37.9 Å². The van der Waals surface area contributed by atoms with E-state index in [2.05, 4.69) is 33.8 Å². The average Bonchev–Trinajstić information content (AvgIpc) is 3.51. The van der Waals surface area contributed by atoms with Crippen LogP contribution in [0.25, 0.3) is 0 Å². The fourth-order valence-corrected chi connectivity index (χ4v) is 16.3. The van der Waals surface area contributed by atoms with Gasteiger partial charge in [-0.2, -0.15) is 0 Å². The molecule has 0 amide bonds. The second kappa shape index (κ2) is 21.3. The summed E-state index contributed by atoms with van der Waals surface area (Å²) in [5.41, 5.74) is -1.62. The van der Waals surface area contributed by atoms with Gasteiger partial charge in [-0.25, -0.2) is 4.79 Å². The predicted octanol–water partition coefficient (Wildman–Crippen LogP) is -1.86. The van der Waals surface area contributed by atoms with E-state index in [1.807, 2.05) is 13.8 Å². The van der Waals surface area contributed by atoms with E-state index in [0.29, 0.717) is 32.1 Å². The molecule has 0 aromatic rings. The summed E-state index contributed by atoms with van der Waals surface area (Å²) in [7, 11) is 0. The van der Waals surface area contributed by atoms with Crippen molar-refractivity contribution in [2.45, 2.75) is 235 Å². The number of allylic oxidation sites excluding steroid dienone is 2. The summed E-state index contributed by atoms with van der Waals surface area (Å²) in [5.74, 6) is -1.67. The van der Waals surface area contributed by atoms with Crippen molar-refractivity contribution in [3.63, 3.8) is 0 Å². The molecule has 436 valence electrons. The number of aliphatic hydroxyl groups excluding tert-OH is 13. The number of aliphatic carboxylic acids is 1. The number of fused-ring (bicyclic) bond motifs is 7. The van der Waals surface area contributed by atoms with Crippen LogP contribution >= 0.6 is 0 Å². The standard InChI is InChI=1S/C53H86O23/c1-22-31(58)34(61)39(66)45(71-22)75-41-32(59)25(56)19-69-46(41)76-42-37(64)36(63)40(43(67)68)74-47(42)73-30-11-12-50(4)27(51(30,5)20-55)10-13-53(7)28(50)9-8-23-24-16-48(2,17-29(57)49(24,3)14-15-52(23,53)6)21-70-44-38(65)35(62)33(60)26(18-54)72-44/h8,22,24-42,44-47,54-66H,9-21H2,1-7H3,(H,67,68)/t22-,24?,25+,26+,27?,28+,29+,30-,31-,32-,33+,34+,35-,36-,37-,38+,39+,40-,41+,42+,44+,45-,46-,47+,48-,49+,50-,51-,52+,53+/m0/s1. The molecule has 4 saturated carbocycles. The number of carboxylic acids is 1. The number of carbonyl (C=O) groups is 1. The Hall–Kier alpha value is -1.63.